The van der Waals surface area contributed by atoms with E-state index in [9.17, 15) is 9.90 Å². The van der Waals surface area contributed by atoms with E-state index in [2.05, 4.69) is 39.8 Å². The number of nitrogens with zero attached hydrogens (tertiary/aromatic N) is 3. The third kappa shape index (κ3) is 4.16. The Kier molecular flexibility index (Phi) is 5.73. The van der Waals surface area contributed by atoms with Crippen molar-refractivity contribution in [1.82, 2.24) is 25.4 Å². The average Bonchev–Trinajstić information content (AvgIpc) is 3.26. The molecule has 32 heavy (non-hydrogen) atoms. The molecule has 3 N–H and O–H groups in total. The van der Waals surface area contributed by atoms with E-state index in [4.69, 9.17) is 4.98 Å². The highest BCUT2D eigenvalue weighted by Crippen LogP contribution is 2.29. The van der Waals surface area contributed by atoms with Gasteiger partial charge in [-0.2, -0.15) is 5.10 Å². The third-order valence-corrected chi connectivity index (χ3v) is 6.22. The summed E-state index contributed by atoms with van der Waals surface area (Å²) in [7, 11) is 0. The van der Waals surface area contributed by atoms with Crippen LogP contribution >= 0.6 is 0 Å². The normalized spacial score (nSPS) is 18.4. The number of allylic oxidation sites excluding steroid dienone is 4. The van der Waals surface area contributed by atoms with Crippen LogP contribution < -0.4 is 5.32 Å². The fraction of sp³-hybridized carbons (Fsp3) is 0.320. The lowest BCUT2D eigenvalue weighted by Crippen LogP contribution is -2.46. The van der Waals surface area contributed by atoms with Crippen molar-refractivity contribution < 1.29 is 9.90 Å². The monoisotopic (exact) mass is 429 g/mol. The molecule has 0 bridgehead atoms. The molecule has 2 aromatic heterocycles. The van der Waals surface area contributed by atoms with Crippen molar-refractivity contribution in [3.63, 3.8) is 0 Å². The quantitative estimate of drug-likeness (QED) is 0.578. The van der Waals surface area contributed by atoms with Gasteiger partial charge in [0.25, 0.3) is 5.91 Å². The van der Waals surface area contributed by atoms with Gasteiger partial charge in [0, 0.05) is 31.7 Å². The van der Waals surface area contributed by atoms with Crippen LogP contribution in [0.2, 0.25) is 0 Å². The number of nitrogens with one attached hydrogen (secondary N) is 2. The molecule has 1 unspecified atom stereocenters. The Bertz CT molecular complexity index is 1170. The fourth-order valence-corrected chi connectivity index (χ4v) is 4.43. The van der Waals surface area contributed by atoms with E-state index >= 15 is 0 Å². The molecule has 2 aliphatic rings. The van der Waals surface area contributed by atoms with Crippen LogP contribution in [0.5, 0.6) is 5.75 Å². The number of hydrogen-bond acceptors (Lipinski definition) is 5. The zero-order valence-corrected chi connectivity index (χ0v) is 17.9. The summed E-state index contributed by atoms with van der Waals surface area (Å²) in [6.07, 6.45) is 11.4. The number of piperazine rings is 1. The minimum atomic E-state index is 0.0158. The summed E-state index contributed by atoms with van der Waals surface area (Å²) in [5, 5.41) is 21.4. The number of fused-ring (bicyclic) bond motifs is 1. The Morgan fingerprint density at radius 3 is 2.72 bits per heavy atom. The van der Waals surface area contributed by atoms with E-state index in [1.807, 2.05) is 23.1 Å². The topological polar surface area (TPSA) is 94.1 Å². The molecule has 5 rings (SSSR count). The number of carbonyl (C=O) groups is 1. The maximum atomic E-state index is 13.6. The molecular weight excluding hydrogens is 402 g/mol. The van der Waals surface area contributed by atoms with Gasteiger partial charge in [0.15, 0.2) is 5.65 Å². The van der Waals surface area contributed by atoms with E-state index in [0.29, 0.717) is 35.9 Å². The molecule has 1 amide bonds. The number of H-pyrrole nitrogens is 1. The summed E-state index contributed by atoms with van der Waals surface area (Å²) in [5.41, 5.74) is 3.69. The number of pyridine rings is 1. The van der Waals surface area contributed by atoms with E-state index in [1.165, 1.54) is 0 Å². The van der Waals surface area contributed by atoms with E-state index < -0.39 is 0 Å². The van der Waals surface area contributed by atoms with Crippen molar-refractivity contribution in [3.05, 3.63) is 65.9 Å². The zero-order chi connectivity index (χ0) is 21.9. The van der Waals surface area contributed by atoms with Gasteiger partial charge in [-0.1, -0.05) is 24.3 Å². The number of aromatic nitrogens is 3. The molecule has 0 saturated carbocycles. The van der Waals surface area contributed by atoms with Crippen LogP contribution in [0, 0.1) is 5.92 Å². The molecule has 1 saturated heterocycles. The maximum absolute atomic E-state index is 13.6. The largest absolute Gasteiger partial charge is 0.508 e. The lowest BCUT2D eigenvalue weighted by Gasteiger charge is -2.28. The first-order valence-electron chi connectivity index (χ1n) is 11.2. The van der Waals surface area contributed by atoms with Crippen LogP contribution in [-0.2, 0) is 6.42 Å². The number of amides is 1. The zero-order valence-electron chi connectivity index (χ0n) is 17.9. The Morgan fingerprint density at radius 2 is 1.97 bits per heavy atom. The Hall–Kier alpha value is -3.45. The molecule has 1 aliphatic heterocycles. The summed E-state index contributed by atoms with van der Waals surface area (Å²) in [6.45, 7) is 2.96. The molecule has 3 aromatic rings. The van der Waals surface area contributed by atoms with Crippen molar-refractivity contribution in [1.29, 1.82) is 0 Å². The maximum Gasteiger partial charge on any atom is 0.254 e. The molecule has 7 heteroatoms. The second kappa shape index (κ2) is 8.96. The third-order valence-electron chi connectivity index (χ3n) is 6.22. The summed E-state index contributed by atoms with van der Waals surface area (Å²) in [4.78, 5) is 20.2. The first-order valence-corrected chi connectivity index (χ1v) is 11.2. The van der Waals surface area contributed by atoms with Gasteiger partial charge >= 0.3 is 0 Å². The molecule has 1 fully saturated rings. The number of phenolic OH excluding ortho intramolecular Hbond substituents is 1. The van der Waals surface area contributed by atoms with Gasteiger partial charge in [-0.25, -0.2) is 4.98 Å². The first-order chi connectivity index (χ1) is 15.7. The molecular formula is C25H27N5O2. The second-order valence-electron chi connectivity index (χ2n) is 8.39. The van der Waals surface area contributed by atoms with Gasteiger partial charge in [-0.15, -0.1) is 0 Å². The number of phenols is 1. The number of rotatable bonds is 5. The number of carbonyl (C=O) groups excluding carboxylic acids is 1. The molecule has 1 aromatic carbocycles. The van der Waals surface area contributed by atoms with Gasteiger partial charge < -0.3 is 15.3 Å². The van der Waals surface area contributed by atoms with Crippen molar-refractivity contribution in [2.75, 3.05) is 26.2 Å². The fourth-order valence-electron chi connectivity index (χ4n) is 4.43. The molecule has 7 nitrogen and oxygen atoms in total. The molecule has 3 heterocycles. The van der Waals surface area contributed by atoms with Crippen LogP contribution in [0.15, 0.2) is 54.6 Å². The van der Waals surface area contributed by atoms with Crippen molar-refractivity contribution in [3.8, 4) is 17.0 Å². The molecule has 164 valence electrons. The van der Waals surface area contributed by atoms with Gasteiger partial charge in [-0.3, -0.25) is 9.89 Å². The van der Waals surface area contributed by atoms with Crippen LogP contribution in [0.4, 0.5) is 0 Å². The smallest absolute Gasteiger partial charge is 0.254 e. The highest BCUT2D eigenvalue weighted by atomic mass is 16.3. The van der Waals surface area contributed by atoms with Crippen molar-refractivity contribution in [2.45, 2.75) is 19.3 Å². The summed E-state index contributed by atoms with van der Waals surface area (Å²) in [5.74, 6) is 0.702. The lowest BCUT2D eigenvalue weighted by molar-refractivity contribution is 0.0737. The van der Waals surface area contributed by atoms with E-state index in [0.717, 1.165) is 49.0 Å². The number of aryl methyl sites for hydroxylation is 1. The van der Waals surface area contributed by atoms with Gasteiger partial charge in [0.2, 0.25) is 0 Å². The highest BCUT2D eigenvalue weighted by Gasteiger charge is 2.24. The minimum Gasteiger partial charge on any atom is -0.508 e. The molecule has 0 radical (unpaired) electrons. The number of hydrogen-bond donors (Lipinski definition) is 3. The van der Waals surface area contributed by atoms with Crippen LogP contribution in [0.3, 0.4) is 0 Å². The van der Waals surface area contributed by atoms with E-state index in [1.54, 1.807) is 12.1 Å². The van der Waals surface area contributed by atoms with Crippen LogP contribution in [0.25, 0.3) is 22.3 Å². The number of benzene rings is 1. The summed E-state index contributed by atoms with van der Waals surface area (Å²) in [6, 6.07) is 8.75. The summed E-state index contributed by atoms with van der Waals surface area (Å²) < 4.78 is 0. The van der Waals surface area contributed by atoms with Gasteiger partial charge in [0.05, 0.1) is 22.3 Å². The number of aromatic hydroxyl groups is 1. The van der Waals surface area contributed by atoms with Crippen molar-refractivity contribution >= 4 is 16.9 Å². The molecule has 1 aliphatic carbocycles. The first kappa shape index (κ1) is 20.5. The molecule has 1 atom stereocenters. The average molecular weight is 430 g/mol. The van der Waals surface area contributed by atoms with Crippen LogP contribution in [0.1, 0.15) is 28.9 Å². The standard InChI is InChI=1S/C25H27N5O2/c31-19-9-7-18(8-10-19)22-16-20(25(32)30-14-12-26-13-15-30)23-21(28-29-24(23)27-22)11-6-17-4-2-1-3-5-17/h1-4,7-10,16-17,26,31H,5-6,11-15H2,(H,27,28,29). The van der Waals surface area contributed by atoms with E-state index in [-0.39, 0.29) is 11.7 Å². The molecule has 0 spiro atoms. The predicted octanol–water partition coefficient (Wildman–Crippen LogP) is 3.44. The SMILES string of the molecule is O=C(c1cc(-c2ccc(O)cc2)nc2[nH]nc(CCC3C=CC=CC3)c12)N1CCNCC1. The highest BCUT2D eigenvalue weighted by molar-refractivity contribution is 6.07. The second-order valence-corrected chi connectivity index (χ2v) is 8.39. The Balaban J connectivity index is 1.54. The van der Waals surface area contributed by atoms with Gasteiger partial charge in [-0.05, 0) is 55.5 Å². The predicted molar refractivity (Wildman–Crippen MR) is 124 cm³/mol. The minimum absolute atomic E-state index is 0.0158. The lowest BCUT2D eigenvalue weighted by atomic mass is 9.94. The summed E-state index contributed by atoms with van der Waals surface area (Å²) >= 11 is 0. The van der Waals surface area contributed by atoms with Crippen LogP contribution in [-0.4, -0.2) is 57.3 Å². The Morgan fingerprint density at radius 1 is 1.16 bits per heavy atom. The number of aromatic amines is 1. The van der Waals surface area contributed by atoms with Gasteiger partial charge in [0.1, 0.15) is 5.75 Å². The van der Waals surface area contributed by atoms with Crippen molar-refractivity contribution in [2.24, 2.45) is 5.92 Å². The Labute approximate surface area is 186 Å².